The second-order valence-corrected chi connectivity index (χ2v) is 9.95. The van der Waals surface area contributed by atoms with Crippen molar-refractivity contribution in [3.05, 3.63) is 52.1 Å². The number of ether oxygens (including phenoxy) is 1. The fourth-order valence-corrected chi connectivity index (χ4v) is 4.76. The lowest BCUT2D eigenvalue weighted by Gasteiger charge is -2.26. The Morgan fingerprint density at radius 2 is 2.03 bits per heavy atom. The molecule has 3 fully saturated rings. The number of anilines is 1. The smallest absolute Gasteiger partial charge is 0.251 e. The van der Waals surface area contributed by atoms with Crippen molar-refractivity contribution in [2.24, 2.45) is 5.92 Å². The van der Waals surface area contributed by atoms with Crippen LogP contribution in [0.25, 0.3) is 23.0 Å². The molecule has 0 radical (unpaired) electrons. The summed E-state index contributed by atoms with van der Waals surface area (Å²) in [6, 6.07) is 5.45. The summed E-state index contributed by atoms with van der Waals surface area (Å²) >= 11 is 0. The summed E-state index contributed by atoms with van der Waals surface area (Å²) in [6.07, 6.45) is 6.99. The predicted molar refractivity (Wildman–Crippen MR) is 138 cm³/mol. The topological polar surface area (TPSA) is 126 Å². The third-order valence-electron chi connectivity index (χ3n) is 7.15. The number of aliphatic hydroxyl groups is 1. The van der Waals surface area contributed by atoms with E-state index in [-0.39, 0.29) is 17.9 Å². The van der Waals surface area contributed by atoms with Gasteiger partial charge in [-0.1, -0.05) is 0 Å². The zero-order chi connectivity index (χ0) is 25.4. The number of aliphatic hydroxyl groups excluding tert-OH is 1. The van der Waals surface area contributed by atoms with Crippen LogP contribution in [0.5, 0.6) is 0 Å². The standard InChI is InChI=1S/C26H31N7O4/c34-23-12-19(26(36)30-23)11-20-16-28-33-22(27-15-17-1-2-17)14-21(29-25(20)33)18-3-4-32(24(35)13-18)6-5-31-7-9-37-10-8-31/h3-4,11,13-14,16-17,23,27,34H,1-2,5-10,12,15H2,(H,30,36)/b19-11+. The molecule has 1 saturated carbocycles. The van der Waals surface area contributed by atoms with Gasteiger partial charge in [0.1, 0.15) is 12.0 Å². The van der Waals surface area contributed by atoms with Crippen LogP contribution in [0.15, 0.2) is 41.0 Å². The first-order valence-electron chi connectivity index (χ1n) is 12.9. The van der Waals surface area contributed by atoms with Crippen molar-refractivity contribution in [1.29, 1.82) is 0 Å². The predicted octanol–water partition coefficient (Wildman–Crippen LogP) is 0.934. The molecule has 1 atom stereocenters. The van der Waals surface area contributed by atoms with Crippen LogP contribution < -0.4 is 16.2 Å². The molecular formula is C26H31N7O4. The van der Waals surface area contributed by atoms with Gasteiger partial charge in [-0.25, -0.2) is 4.98 Å². The molecule has 11 heteroatoms. The van der Waals surface area contributed by atoms with Crippen LogP contribution >= 0.6 is 0 Å². The molecule has 194 valence electrons. The van der Waals surface area contributed by atoms with Gasteiger partial charge in [0.15, 0.2) is 5.65 Å². The average Bonchev–Trinajstić information content (AvgIpc) is 3.56. The van der Waals surface area contributed by atoms with E-state index in [4.69, 9.17) is 9.72 Å². The number of rotatable bonds is 8. The molecule has 0 aromatic carbocycles. The Labute approximate surface area is 213 Å². The van der Waals surface area contributed by atoms with E-state index in [0.29, 0.717) is 34.9 Å². The van der Waals surface area contributed by atoms with E-state index in [1.165, 1.54) is 12.8 Å². The quantitative estimate of drug-likeness (QED) is 0.386. The van der Waals surface area contributed by atoms with E-state index >= 15 is 0 Å². The first kappa shape index (κ1) is 23.8. The SMILES string of the molecule is O=C1NC(O)C/C1=C\c1cnn2c(NCC3CC3)cc(-c3ccn(CCN4CCOCC4)c(=O)c3)nc12. The first-order chi connectivity index (χ1) is 18.0. The normalized spacial score (nSPS) is 21.6. The molecule has 2 aliphatic heterocycles. The molecular weight excluding hydrogens is 474 g/mol. The fourth-order valence-electron chi connectivity index (χ4n) is 4.76. The molecule has 0 spiro atoms. The highest BCUT2D eigenvalue weighted by molar-refractivity contribution is 6.00. The number of hydrogen-bond acceptors (Lipinski definition) is 8. The highest BCUT2D eigenvalue weighted by Gasteiger charge is 2.25. The average molecular weight is 506 g/mol. The molecule has 1 aliphatic carbocycles. The van der Waals surface area contributed by atoms with Gasteiger partial charge in [0.2, 0.25) is 5.91 Å². The van der Waals surface area contributed by atoms with Gasteiger partial charge in [0.05, 0.1) is 25.1 Å². The van der Waals surface area contributed by atoms with Crippen molar-refractivity contribution < 1.29 is 14.6 Å². The lowest BCUT2D eigenvalue weighted by atomic mass is 10.1. The van der Waals surface area contributed by atoms with Crippen LogP contribution in [0.3, 0.4) is 0 Å². The summed E-state index contributed by atoms with van der Waals surface area (Å²) in [6.45, 7) is 5.50. The summed E-state index contributed by atoms with van der Waals surface area (Å²) in [5.41, 5.74) is 3.03. The fraction of sp³-hybridized carbons (Fsp3) is 0.462. The zero-order valence-electron chi connectivity index (χ0n) is 20.6. The number of fused-ring (bicyclic) bond motifs is 1. The van der Waals surface area contributed by atoms with Crippen molar-refractivity contribution in [2.45, 2.75) is 32.0 Å². The van der Waals surface area contributed by atoms with E-state index in [0.717, 1.165) is 50.8 Å². The van der Waals surface area contributed by atoms with Crippen molar-refractivity contribution in [1.82, 2.24) is 29.4 Å². The molecule has 11 nitrogen and oxygen atoms in total. The number of morpholine rings is 1. The lowest BCUT2D eigenvalue weighted by Crippen LogP contribution is -2.39. The number of amides is 1. The third-order valence-corrected chi connectivity index (χ3v) is 7.15. The van der Waals surface area contributed by atoms with Crippen LogP contribution in [-0.2, 0) is 16.1 Å². The Balaban J connectivity index is 1.32. The molecule has 3 aliphatic rings. The maximum absolute atomic E-state index is 13.0. The maximum Gasteiger partial charge on any atom is 0.251 e. The minimum absolute atomic E-state index is 0.0765. The third kappa shape index (κ3) is 5.29. The lowest BCUT2D eigenvalue weighted by molar-refractivity contribution is -0.117. The molecule has 2 saturated heterocycles. The Bertz CT molecular complexity index is 1400. The summed E-state index contributed by atoms with van der Waals surface area (Å²) < 4.78 is 8.85. The Morgan fingerprint density at radius 3 is 2.76 bits per heavy atom. The van der Waals surface area contributed by atoms with Crippen LogP contribution in [0.4, 0.5) is 5.82 Å². The van der Waals surface area contributed by atoms with Crippen molar-refractivity contribution in [2.75, 3.05) is 44.7 Å². The highest BCUT2D eigenvalue weighted by Crippen LogP contribution is 2.30. The molecule has 3 N–H and O–H groups in total. The molecule has 1 amide bonds. The van der Waals surface area contributed by atoms with Gasteiger partial charge in [-0.15, -0.1) is 0 Å². The Hall–Kier alpha value is -3.54. The molecule has 6 rings (SSSR count). The van der Waals surface area contributed by atoms with Gasteiger partial charge < -0.3 is 25.0 Å². The number of nitrogens with zero attached hydrogens (tertiary/aromatic N) is 5. The molecule has 37 heavy (non-hydrogen) atoms. The molecule has 5 heterocycles. The number of aromatic nitrogens is 4. The van der Waals surface area contributed by atoms with E-state index in [1.54, 1.807) is 27.4 Å². The monoisotopic (exact) mass is 505 g/mol. The number of hydrogen-bond donors (Lipinski definition) is 3. The summed E-state index contributed by atoms with van der Waals surface area (Å²) in [7, 11) is 0. The second-order valence-electron chi connectivity index (χ2n) is 9.95. The molecule has 3 aromatic rings. The summed E-state index contributed by atoms with van der Waals surface area (Å²) in [5, 5.41) is 20.3. The number of pyridine rings is 1. The van der Waals surface area contributed by atoms with E-state index in [2.05, 4.69) is 20.6 Å². The number of carbonyl (C=O) groups excluding carboxylic acids is 1. The van der Waals surface area contributed by atoms with Crippen molar-refractivity contribution in [3.63, 3.8) is 0 Å². The van der Waals surface area contributed by atoms with Crippen LogP contribution in [0.1, 0.15) is 24.8 Å². The van der Waals surface area contributed by atoms with Gasteiger partial charge in [0, 0.05) is 74.2 Å². The molecule has 3 aromatic heterocycles. The zero-order valence-corrected chi connectivity index (χ0v) is 20.6. The van der Waals surface area contributed by atoms with E-state index in [1.807, 2.05) is 18.3 Å². The summed E-state index contributed by atoms with van der Waals surface area (Å²) in [5.74, 6) is 1.14. The van der Waals surface area contributed by atoms with Gasteiger partial charge in [-0.05, 0) is 30.9 Å². The number of nitrogens with one attached hydrogen (secondary N) is 2. The number of carbonyl (C=O) groups is 1. The Kier molecular flexibility index (Phi) is 6.49. The van der Waals surface area contributed by atoms with Crippen molar-refractivity contribution in [3.8, 4) is 11.3 Å². The van der Waals surface area contributed by atoms with E-state index in [9.17, 15) is 14.7 Å². The molecule has 1 unspecified atom stereocenters. The Morgan fingerprint density at radius 1 is 1.19 bits per heavy atom. The largest absolute Gasteiger partial charge is 0.379 e. The van der Waals surface area contributed by atoms with Gasteiger partial charge in [-0.3, -0.25) is 14.5 Å². The van der Waals surface area contributed by atoms with Gasteiger partial charge >= 0.3 is 0 Å². The van der Waals surface area contributed by atoms with Gasteiger partial charge in [0.25, 0.3) is 5.56 Å². The maximum atomic E-state index is 13.0. The van der Waals surface area contributed by atoms with Crippen LogP contribution in [0, 0.1) is 5.92 Å². The van der Waals surface area contributed by atoms with Crippen LogP contribution in [-0.4, -0.2) is 80.7 Å². The molecule has 0 bridgehead atoms. The van der Waals surface area contributed by atoms with E-state index < -0.39 is 6.23 Å². The van der Waals surface area contributed by atoms with Crippen molar-refractivity contribution >= 4 is 23.4 Å². The van der Waals surface area contributed by atoms with Crippen LogP contribution in [0.2, 0.25) is 0 Å². The first-order valence-corrected chi connectivity index (χ1v) is 12.9. The minimum atomic E-state index is -0.880. The second kappa shape index (κ2) is 10.1. The van der Waals surface area contributed by atoms with Gasteiger partial charge in [-0.2, -0.15) is 9.61 Å². The minimum Gasteiger partial charge on any atom is -0.379 e. The highest BCUT2D eigenvalue weighted by atomic mass is 16.5. The summed E-state index contributed by atoms with van der Waals surface area (Å²) in [4.78, 5) is 32.3.